The van der Waals surface area contributed by atoms with E-state index in [1.165, 1.54) is 0 Å². The first-order chi connectivity index (χ1) is 9.33. The molecule has 0 N–H and O–H groups in total. The van der Waals surface area contributed by atoms with Crippen LogP contribution in [-0.2, 0) is 9.47 Å². The second-order valence-corrected chi connectivity index (χ2v) is 4.68. The molecule has 1 aromatic rings. The summed E-state index contributed by atoms with van der Waals surface area (Å²) in [5, 5.41) is 0. The molecule has 5 heteroatoms. The van der Waals surface area contributed by atoms with E-state index in [4.69, 9.17) is 13.9 Å². The Morgan fingerprint density at radius 1 is 1.42 bits per heavy atom. The first kappa shape index (κ1) is 13.9. The minimum atomic E-state index is -0.277. The van der Waals surface area contributed by atoms with Crippen molar-refractivity contribution in [1.29, 1.82) is 0 Å². The second kappa shape index (κ2) is 7.19. The summed E-state index contributed by atoms with van der Waals surface area (Å²) in [6.07, 6.45) is 5.55. The molecule has 2 rings (SSSR count). The average Bonchev–Trinajstić information content (AvgIpc) is 2.83. The van der Waals surface area contributed by atoms with Crippen molar-refractivity contribution in [3.63, 3.8) is 0 Å². The highest BCUT2D eigenvalue weighted by Gasteiger charge is 2.29. The molecule has 0 radical (unpaired) electrons. The van der Waals surface area contributed by atoms with Crippen LogP contribution in [-0.4, -0.2) is 37.9 Å². The number of furan rings is 1. The van der Waals surface area contributed by atoms with Gasteiger partial charge in [-0.3, -0.25) is 4.90 Å². The summed E-state index contributed by atoms with van der Waals surface area (Å²) in [6, 6.07) is 3.77. The highest BCUT2D eigenvalue weighted by molar-refractivity contribution is 5.68. The second-order valence-electron chi connectivity index (χ2n) is 4.68. The van der Waals surface area contributed by atoms with Crippen molar-refractivity contribution < 1.29 is 18.7 Å². The Morgan fingerprint density at radius 2 is 2.32 bits per heavy atom. The Morgan fingerprint density at radius 3 is 3.05 bits per heavy atom. The van der Waals surface area contributed by atoms with Gasteiger partial charge in [0.15, 0.2) is 0 Å². The molecule has 0 bridgehead atoms. The highest BCUT2D eigenvalue weighted by Crippen LogP contribution is 2.30. The van der Waals surface area contributed by atoms with Gasteiger partial charge in [-0.2, -0.15) is 0 Å². The van der Waals surface area contributed by atoms with Gasteiger partial charge in [-0.1, -0.05) is 12.8 Å². The number of ether oxygens (including phenoxy) is 2. The third kappa shape index (κ3) is 3.73. The van der Waals surface area contributed by atoms with Crippen LogP contribution in [0.3, 0.4) is 0 Å². The molecule has 106 valence electrons. The van der Waals surface area contributed by atoms with Gasteiger partial charge in [-0.25, -0.2) is 4.79 Å². The lowest BCUT2D eigenvalue weighted by Gasteiger charge is -2.27. The van der Waals surface area contributed by atoms with E-state index in [-0.39, 0.29) is 18.7 Å². The number of likely N-dealkylation sites (tertiary alicyclic amines) is 1. The minimum Gasteiger partial charge on any atom is -0.467 e. The summed E-state index contributed by atoms with van der Waals surface area (Å²) in [7, 11) is 1.59. The summed E-state index contributed by atoms with van der Waals surface area (Å²) in [5.74, 6) is 0.839. The zero-order valence-corrected chi connectivity index (χ0v) is 11.3. The third-order valence-electron chi connectivity index (χ3n) is 3.37. The summed E-state index contributed by atoms with van der Waals surface area (Å²) in [4.78, 5) is 13.9. The smallest absolute Gasteiger partial charge is 0.410 e. The SMILES string of the molecule is COCCOC(=O)N1CCCCCC1c1ccco1. The van der Waals surface area contributed by atoms with Crippen molar-refractivity contribution >= 4 is 6.09 Å². The molecular formula is C14H21NO4. The summed E-state index contributed by atoms with van der Waals surface area (Å²) >= 11 is 0. The topological polar surface area (TPSA) is 51.9 Å². The van der Waals surface area contributed by atoms with E-state index in [1.807, 2.05) is 12.1 Å². The zero-order valence-electron chi connectivity index (χ0n) is 11.3. The van der Waals surface area contributed by atoms with Crippen LogP contribution in [0.25, 0.3) is 0 Å². The Labute approximate surface area is 113 Å². The molecule has 1 saturated heterocycles. The maximum absolute atomic E-state index is 12.1. The molecule has 0 saturated carbocycles. The standard InChI is InChI=1S/C14H21NO4/c1-17-10-11-19-14(16)15-8-4-2-3-6-12(15)13-7-5-9-18-13/h5,7,9,12H,2-4,6,8,10-11H2,1H3. The summed E-state index contributed by atoms with van der Waals surface area (Å²) < 4.78 is 15.6. The van der Waals surface area contributed by atoms with Gasteiger partial charge in [0.2, 0.25) is 0 Å². The van der Waals surface area contributed by atoms with E-state index < -0.39 is 0 Å². The van der Waals surface area contributed by atoms with Crippen molar-refractivity contribution in [2.24, 2.45) is 0 Å². The van der Waals surface area contributed by atoms with Crippen LogP contribution >= 0.6 is 0 Å². The van der Waals surface area contributed by atoms with Crippen LogP contribution in [0.4, 0.5) is 4.79 Å². The minimum absolute atomic E-state index is 0.00690. The van der Waals surface area contributed by atoms with E-state index in [0.717, 1.165) is 38.0 Å². The molecule has 1 atom stereocenters. The van der Waals surface area contributed by atoms with Crippen LogP contribution in [0, 0.1) is 0 Å². The molecule has 0 aliphatic carbocycles. The first-order valence-electron chi connectivity index (χ1n) is 6.78. The van der Waals surface area contributed by atoms with Gasteiger partial charge >= 0.3 is 6.09 Å². The molecular weight excluding hydrogens is 246 g/mol. The molecule has 1 aromatic heterocycles. The van der Waals surface area contributed by atoms with Crippen molar-refractivity contribution in [1.82, 2.24) is 4.90 Å². The van der Waals surface area contributed by atoms with E-state index in [9.17, 15) is 4.79 Å². The van der Waals surface area contributed by atoms with Crippen LogP contribution in [0.5, 0.6) is 0 Å². The fourth-order valence-corrected chi connectivity index (χ4v) is 2.40. The van der Waals surface area contributed by atoms with Crippen molar-refractivity contribution in [3.8, 4) is 0 Å². The van der Waals surface area contributed by atoms with E-state index in [1.54, 1.807) is 18.3 Å². The van der Waals surface area contributed by atoms with Crippen molar-refractivity contribution in [2.45, 2.75) is 31.7 Å². The van der Waals surface area contributed by atoms with Crippen LogP contribution < -0.4 is 0 Å². The van der Waals surface area contributed by atoms with Crippen LogP contribution in [0.2, 0.25) is 0 Å². The molecule has 0 spiro atoms. The Hall–Kier alpha value is -1.49. The largest absolute Gasteiger partial charge is 0.467 e. The maximum Gasteiger partial charge on any atom is 0.410 e. The van der Waals surface area contributed by atoms with Gasteiger partial charge in [-0.15, -0.1) is 0 Å². The number of rotatable bonds is 4. The quantitative estimate of drug-likeness (QED) is 0.787. The average molecular weight is 267 g/mol. The number of carbonyl (C=O) groups is 1. The van der Waals surface area contributed by atoms with Gasteiger partial charge in [0.1, 0.15) is 12.4 Å². The zero-order chi connectivity index (χ0) is 13.5. The third-order valence-corrected chi connectivity index (χ3v) is 3.37. The summed E-state index contributed by atoms with van der Waals surface area (Å²) in [5.41, 5.74) is 0. The number of amides is 1. The predicted octanol–water partition coefficient (Wildman–Crippen LogP) is 2.98. The fourth-order valence-electron chi connectivity index (χ4n) is 2.40. The molecule has 1 aliphatic rings. The Kier molecular flexibility index (Phi) is 5.27. The number of carbonyl (C=O) groups excluding carboxylic acids is 1. The lowest BCUT2D eigenvalue weighted by Crippen LogP contribution is -2.35. The van der Waals surface area contributed by atoms with E-state index >= 15 is 0 Å². The van der Waals surface area contributed by atoms with Gasteiger partial charge in [-0.05, 0) is 25.0 Å². The van der Waals surface area contributed by atoms with Crippen molar-refractivity contribution in [2.75, 3.05) is 26.9 Å². The maximum atomic E-state index is 12.1. The first-order valence-corrected chi connectivity index (χ1v) is 6.78. The van der Waals surface area contributed by atoms with Crippen molar-refractivity contribution in [3.05, 3.63) is 24.2 Å². The molecule has 1 unspecified atom stereocenters. The van der Waals surface area contributed by atoms with Crippen LogP contribution in [0.1, 0.15) is 37.5 Å². The predicted molar refractivity (Wildman–Crippen MR) is 69.8 cm³/mol. The highest BCUT2D eigenvalue weighted by atomic mass is 16.6. The Balaban J connectivity index is 2.02. The van der Waals surface area contributed by atoms with Gasteiger partial charge in [0.25, 0.3) is 0 Å². The molecule has 2 heterocycles. The van der Waals surface area contributed by atoms with Crippen LogP contribution in [0.15, 0.2) is 22.8 Å². The number of hydrogen-bond donors (Lipinski definition) is 0. The van der Waals surface area contributed by atoms with E-state index in [0.29, 0.717) is 6.61 Å². The van der Waals surface area contributed by atoms with E-state index in [2.05, 4.69) is 0 Å². The normalized spacial score (nSPS) is 20.1. The molecule has 19 heavy (non-hydrogen) atoms. The molecule has 1 fully saturated rings. The molecule has 5 nitrogen and oxygen atoms in total. The number of nitrogens with zero attached hydrogens (tertiary/aromatic N) is 1. The number of methoxy groups -OCH3 is 1. The lowest BCUT2D eigenvalue weighted by molar-refractivity contribution is 0.0585. The molecule has 0 aromatic carbocycles. The lowest BCUT2D eigenvalue weighted by atomic mass is 10.1. The van der Waals surface area contributed by atoms with Gasteiger partial charge in [0, 0.05) is 13.7 Å². The van der Waals surface area contributed by atoms with Gasteiger partial charge < -0.3 is 13.9 Å². The Bertz CT molecular complexity index is 377. The van der Waals surface area contributed by atoms with Gasteiger partial charge in [0.05, 0.1) is 18.9 Å². The monoisotopic (exact) mass is 267 g/mol. The molecule has 1 aliphatic heterocycles. The fraction of sp³-hybridized carbons (Fsp3) is 0.643. The summed E-state index contributed by atoms with van der Waals surface area (Å²) in [6.45, 7) is 1.43. The number of hydrogen-bond acceptors (Lipinski definition) is 4. The molecule has 1 amide bonds.